The third kappa shape index (κ3) is 3.56. The Morgan fingerprint density at radius 1 is 1.26 bits per heavy atom. The number of aromatic nitrogens is 3. The summed E-state index contributed by atoms with van der Waals surface area (Å²) in [4.78, 5) is 25.0. The van der Waals surface area contributed by atoms with E-state index in [1.807, 2.05) is 30.3 Å². The van der Waals surface area contributed by atoms with Crippen LogP contribution in [-0.4, -0.2) is 49.5 Å². The maximum absolute atomic E-state index is 12.5. The molecule has 0 spiro atoms. The number of nitrogens with zero attached hydrogens (tertiary/aromatic N) is 4. The van der Waals surface area contributed by atoms with Crippen LogP contribution in [0.25, 0.3) is 0 Å². The van der Waals surface area contributed by atoms with Crippen molar-refractivity contribution in [3.05, 3.63) is 47.8 Å². The van der Waals surface area contributed by atoms with E-state index in [0.717, 1.165) is 18.4 Å². The molecule has 0 bridgehead atoms. The van der Waals surface area contributed by atoms with Gasteiger partial charge in [-0.3, -0.25) is 9.59 Å². The van der Waals surface area contributed by atoms with Crippen molar-refractivity contribution >= 4 is 11.9 Å². The number of hydrogen-bond donors (Lipinski definition) is 1. The number of hydrogen-bond acceptors (Lipinski definition) is 4. The number of carboxylic acids is 1. The Morgan fingerprint density at radius 2 is 2.04 bits per heavy atom. The molecular weight excluding hydrogens is 296 g/mol. The zero-order chi connectivity index (χ0) is 16.2. The molecule has 1 fully saturated rings. The monoisotopic (exact) mass is 314 g/mol. The Balaban J connectivity index is 1.69. The van der Waals surface area contributed by atoms with Crippen LogP contribution in [0.2, 0.25) is 0 Å². The van der Waals surface area contributed by atoms with E-state index >= 15 is 0 Å². The summed E-state index contributed by atoms with van der Waals surface area (Å²) in [6, 6.07) is 9.53. The highest BCUT2D eigenvalue weighted by atomic mass is 16.4. The van der Waals surface area contributed by atoms with Gasteiger partial charge in [-0.05, 0) is 18.4 Å². The minimum absolute atomic E-state index is 0.0239. The molecule has 2 heterocycles. The summed E-state index contributed by atoms with van der Waals surface area (Å²) in [5, 5.41) is 16.9. The number of benzene rings is 1. The van der Waals surface area contributed by atoms with Crippen LogP contribution in [0.5, 0.6) is 0 Å². The number of amides is 1. The van der Waals surface area contributed by atoms with E-state index in [0.29, 0.717) is 13.1 Å². The Bertz CT molecular complexity index is 698. The summed E-state index contributed by atoms with van der Waals surface area (Å²) in [6.07, 6.45) is 3.13. The van der Waals surface area contributed by atoms with Gasteiger partial charge in [0.15, 0.2) is 5.69 Å². The average molecular weight is 314 g/mol. The van der Waals surface area contributed by atoms with E-state index in [1.165, 1.54) is 0 Å². The fourth-order valence-corrected chi connectivity index (χ4v) is 2.91. The summed E-state index contributed by atoms with van der Waals surface area (Å²) < 4.78 is 1.62. The van der Waals surface area contributed by atoms with Gasteiger partial charge in [0.05, 0.1) is 19.2 Å². The van der Waals surface area contributed by atoms with Crippen LogP contribution in [0.4, 0.5) is 0 Å². The van der Waals surface area contributed by atoms with Gasteiger partial charge in [-0.15, -0.1) is 5.10 Å². The molecule has 0 saturated carbocycles. The molecular formula is C16H18N4O3. The summed E-state index contributed by atoms with van der Waals surface area (Å²) in [5.41, 5.74) is 1.33. The second-order valence-corrected chi connectivity index (χ2v) is 5.68. The number of aliphatic carboxylic acids is 1. The molecule has 1 unspecified atom stereocenters. The highest BCUT2D eigenvalue weighted by Crippen LogP contribution is 2.22. The van der Waals surface area contributed by atoms with Gasteiger partial charge < -0.3 is 10.0 Å². The smallest absolute Gasteiger partial charge is 0.305 e. The molecule has 1 aliphatic heterocycles. The molecule has 7 nitrogen and oxygen atoms in total. The van der Waals surface area contributed by atoms with Crippen molar-refractivity contribution in [2.45, 2.75) is 31.8 Å². The zero-order valence-corrected chi connectivity index (χ0v) is 12.6. The molecule has 7 heteroatoms. The first-order chi connectivity index (χ1) is 11.1. The SMILES string of the molecule is O=C(O)CC1CCCN1C(=O)c1cn(Cc2ccccc2)nn1. The summed E-state index contributed by atoms with van der Waals surface area (Å²) in [7, 11) is 0. The summed E-state index contributed by atoms with van der Waals surface area (Å²) in [6.45, 7) is 1.11. The number of carboxylic acid groups (broad SMARTS) is 1. The fourth-order valence-electron chi connectivity index (χ4n) is 2.91. The molecule has 1 N–H and O–H groups in total. The largest absolute Gasteiger partial charge is 0.481 e. The van der Waals surface area contributed by atoms with Crippen LogP contribution in [-0.2, 0) is 11.3 Å². The maximum atomic E-state index is 12.5. The quantitative estimate of drug-likeness (QED) is 0.901. The van der Waals surface area contributed by atoms with E-state index in [1.54, 1.807) is 15.8 Å². The van der Waals surface area contributed by atoms with Gasteiger partial charge >= 0.3 is 5.97 Å². The van der Waals surface area contributed by atoms with Crippen LogP contribution in [0.1, 0.15) is 35.3 Å². The number of carbonyl (C=O) groups excluding carboxylic acids is 1. The summed E-state index contributed by atoms with van der Waals surface area (Å²) >= 11 is 0. The average Bonchev–Trinajstić information content (AvgIpc) is 3.17. The Morgan fingerprint density at radius 3 is 2.78 bits per heavy atom. The minimum atomic E-state index is -0.887. The van der Waals surface area contributed by atoms with E-state index in [2.05, 4.69) is 10.3 Å². The Kier molecular flexibility index (Phi) is 4.36. The predicted molar refractivity (Wildman–Crippen MR) is 81.9 cm³/mol. The predicted octanol–water partition coefficient (Wildman–Crippen LogP) is 1.41. The van der Waals surface area contributed by atoms with Crippen LogP contribution in [0.3, 0.4) is 0 Å². The first kappa shape index (κ1) is 15.2. The van der Waals surface area contributed by atoms with E-state index in [4.69, 9.17) is 5.11 Å². The second kappa shape index (κ2) is 6.60. The number of carbonyl (C=O) groups is 2. The molecule has 0 aliphatic carbocycles. The second-order valence-electron chi connectivity index (χ2n) is 5.68. The van der Waals surface area contributed by atoms with Gasteiger partial charge in [-0.1, -0.05) is 35.5 Å². The van der Waals surface area contributed by atoms with Crippen LogP contribution < -0.4 is 0 Å². The standard InChI is InChI=1S/C16H18N4O3/c21-15(22)9-13-7-4-8-20(13)16(23)14-11-19(18-17-14)10-12-5-2-1-3-6-12/h1-3,5-6,11,13H,4,7-10H2,(H,21,22). The Hall–Kier alpha value is -2.70. The van der Waals surface area contributed by atoms with Gasteiger partial charge in [-0.2, -0.15) is 0 Å². The fraction of sp³-hybridized carbons (Fsp3) is 0.375. The molecule has 1 saturated heterocycles. The number of likely N-dealkylation sites (tertiary alicyclic amines) is 1. The van der Waals surface area contributed by atoms with Gasteiger partial charge in [-0.25, -0.2) is 4.68 Å². The molecule has 2 aromatic rings. The molecule has 1 amide bonds. The molecule has 1 aromatic heterocycles. The third-order valence-corrected chi connectivity index (χ3v) is 3.99. The topological polar surface area (TPSA) is 88.3 Å². The van der Waals surface area contributed by atoms with Gasteiger partial charge in [0.25, 0.3) is 5.91 Å². The van der Waals surface area contributed by atoms with Crippen molar-refractivity contribution in [3.8, 4) is 0 Å². The van der Waals surface area contributed by atoms with Crippen molar-refractivity contribution in [2.24, 2.45) is 0 Å². The van der Waals surface area contributed by atoms with Crippen LogP contribution >= 0.6 is 0 Å². The molecule has 120 valence electrons. The molecule has 0 radical (unpaired) electrons. The molecule has 3 rings (SSSR count). The van der Waals surface area contributed by atoms with Crippen molar-refractivity contribution in [2.75, 3.05) is 6.54 Å². The van der Waals surface area contributed by atoms with E-state index in [9.17, 15) is 9.59 Å². The Labute approximate surface area is 133 Å². The van der Waals surface area contributed by atoms with Crippen LogP contribution in [0.15, 0.2) is 36.5 Å². The highest BCUT2D eigenvalue weighted by molar-refractivity contribution is 5.92. The number of rotatable bonds is 5. The lowest BCUT2D eigenvalue weighted by Gasteiger charge is -2.22. The highest BCUT2D eigenvalue weighted by Gasteiger charge is 2.32. The van der Waals surface area contributed by atoms with Crippen molar-refractivity contribution in [1.82, 2.24) is 19.9 Å². The zero-order valence-electron chi connectivity index (χ0n) is 12.6. The third-order valence-electron chi connectivity index (χ3n) is 3.99. The van der Waals surface area contributed by atoms with Gasteiger partial charge in [0.1, 0.15) is 0 Å². The first-order valence-corrected chi connectivity index (χ1v) is 7.60. The van der Waals surface area contributed by atoms with Crippen molar-refractivity contribution in [1.29, 1.82) is 0 Å². The lowest BCUT2D eigenvalue weighted by Crippen LogP contribution is -2.37. The molecule has 23 heavy (non-hydrogen) atoms. The van der Waals surface area contributed by atoms with Crippen molar-refractivity contribution < 1.29 is 14.7 Å². The lowest BCUT2D eigenvalue weighted by atomic mass is 10.1. The molecule has 1 aliphatic rings. The summed E-state index contributed by atoms with van der Waals surface area (Å²) in [5.74, 6) is -1.13. The lowest BCUT2D eigenvalue weighted by molar-refractivity contribution is -0.137. The van der Waals surface area contributed by atoms with E-state index < -0.39 is 5.97 Å². The minimum Gasteiger partial charge on any atom is -0.481 e. The maximum Gasteiger partial charge on any atom is 0.305 e. The van der Waals surface area contributed by atoms with E-state index in [-0.39, 0.29) is 24.1 Å². The normalized spacial score (nSPS) is 17.4. The van der Waals surface area contributed by atoms with Gasteiger partial charge in [0.2, 0.25) is 0 Å². The van der Waals surface area contributed by atoms with Crippen LogP contribution in [0, 0.1) is 0 Å². The first-order valence-electron chi connectivity index (χ1n) is 7.60. The van der Waals surface area contributed by atoms with Crippen molar-refractivity contribution in [3.63, 3.8) is 0 Å². The molecule has 1 aromatic carbocycles. The van der Waals surface area contributed by atoms with Gasteiger partial charge in [0, 0.05) is 12.6 Å². The molecule has 1 atom stereocenters.